The van der Waals surface area contributed by atoms with Crippen LogP contribution in [0.5, 0.6) is 0 Å². The lowest BCUT2D eigenvalue weighted by Crippen LogP contribution is -2.42. The van der Waals surface area contributed by atoms with Gasteiger partial charge in [-0.05, 0) is 26.1 Å². The Morgan fingerprint density at radius 2 is 1.73 bits per heavy atom. The quantitative estimate of drug-likeness (QED) is 0.319. The van der Waals surface area contributed by atoms with Crippen LogP contribution in [0.4, 0.5) is 0 Å². The molecule has 6 nitrogen and oxygen atoms in total. The van der Waals surface area contributed by atoms with Crippen LogP contribution in [-0.2, 0) is 9.47 Å². The van der Waals surface area contributed by atoms with Gasteiger partial charge in [0.1, 0.15) is 0 Å². The van der Waals surface area contributed by atoms with Crippen molar-refractivity contribution in [2.24, 2.45) is 4.99 Å². The lowest BCUT2D eigenvalue weighted by atomic mass is 10.1. The van der Waals surface area contributed by atoms with Crippen molar-refractivity contribution in [3.63, 3.8) is 0 Å². The largest absolute Gasteiger partial charge is 0.379 e. The van der Waals surface area contributed by atoms with Crippen molar-refractivity contribution in [1.82, 2.24) is 15.5 Å². The maximum Gasteiger partial charge on any atom is 0.191 e. The molecule has 0 radical (unpaired) electrons. The van der Waals surface area contributed by atoms with Gasteiger partial charge in [-0.3, -0.25) is 4.99 Å². The van der Waals surface area contributed by atoms with Crippen LogP contribution >= 0.6 is 0 Å². The molecule has 1 unspecified atom stereocenters. The van der Waals surface area contributed by atoms with Crippen molar-refractivity contribution < 1.29 is 9.47 Å². The van der Waals surface area contributed by atoms with Crippen LogP contribution in [0.3, 0.4) is 0 Å². The van der Waals surface area contributed by atoms with Crippen LogP contribution in [0, 0.1) is 0 Å². The van der Waals surface area contributed by atoms with Crippen LogP contribution in [0.25, 0.3) is 0 Å². The van der Waals surface area contributed by atoms with Crippen LogP contribution in [-0.4, -0.2) is 71.5 Å². The molecule has 1 atom stereocenters. The van der Waals surface area contributed by atoms with E-state index in [9.17, 15) is 0 Å². The summed E-state index contributed by atoms with van der Waals surface area (Å²) in [6.07, 6.45) is 2.27. The van der Waals surface area contributed by atoms with Crippen LogP contribution in [0.1, 0.15) is 31.4 Å². The zero-order valence-corrected chi connectivity index (χ0v) is 16.8. The fourth-order valence-corrected chi connectivity index (χ4v) is 2.50. The van der Waals surface area contributed by atoms with E-state index in [1.165, 1.54) is 5.56 Å². The van der Waals surface area contributed by atoms with Gasteiger partial charge in [-0.1, -0.05) is 43.7 Å². The van der Waals surface area contributed by atoms with Crippen molar-refractivity contribution >= 4 is 5.96 Å². The fraction of sp³-hybridized carbons (Fsp3) is 0.650. The van der Waals surface area contributed by atoms with Crippen molar-refractivity contribution in [2.75, 3.05) is 60.7 Å². The number of rotatable bonds is 13. The predicted molar refractivity (Wildman–Crippen MR) is 109 cm³/mol. The SMILES string of the molecule is CCCCOCCOCCNC(=NC)NCC(c1ccccc1)N(C)C. The highest BCUT2D eigenvalue weighted by atomic mass is 16.5. The zero-order valence-electron chi connectivity index (χ0n) is 16.8. The number of aliphatic imine (C=N–C) groups is 1. The molecule has 2 N–H and O–H groups in total. The molecule has 0 amide bonds. The Balaban J connectivity index is 2.21. The Morgan fingerprint density at radius 3 is 2.35 bits per heavy atom. The predicted octanol–water partition coefficient (Wildman–Crippen LogP) is 2.29. The van der Waals surface area contributed by atoms with E-state index in [1.54, 1.807) is 7.05 Å². The fourth-order valence-electron chi connectivity index (χ4n) is 2.50. The lowest BCUT2D eigenvalue weighted by Gasteiger charge is -2.26. The van der Waals surface area contributed by atoms with Gasteiger partial charge in [0.2, 0.25) is 0 Å². The minimum Gasteiger partial charge on any atom is -0.379 e. The second-order valence-corrected chi connectivity index (χ2v) is 6.35. The van der Waals surface area contributed by atoms with Crippen LogP contribution in [0.2, 0.25) is 0 Å². The normalized spacial score (nSPS) is 13.0. The van der Waals surface area contributed by atoms with E-state index in [1.807, 2.05) is 6.07 Å². The summed E-state index contributed by atoms with van der Waals surface area (Å²) >= 11 is 0. The monoisotopic (exact) mass is 364 g/mol. The summed E-state index contributed by atoms with van der Waals surface area (Å²) in [7, 11) is 5.96. The molecule has 148 valence electrons. The molecule has 1 aromatic rings. The molecule has 0 saturated heterocycles. The van der Waals surface area contributed by atoms with E-state index in [0.29, 0.717) is 26.4 Å². The number of hydrogen-bond donors (Lipinski definition) is 2. The van der Waals surface area contributed by atoms with Crippen molar-refractivity contribution in [1.29, 1.82) is 0 Å². The molecule has 0 heterocycles. The number of hydrogen-bond acceptors (Lipinski definition) is 4. The molecule has 0 aromatic heterocycles. The lowest BCUT2D eigenvalue weighted by molar-refractivity contribution is 0.0487. The molecule has 0 aliphatic carbocycles. The van der Waals surface area contributed by atoms with Crippen LogP contribution < -0.4 is 10.6 Å². The van der Waals surface area contributed by atoms with E-state index < -0.39 is 0 Å². The molecule has 0 fully saturated rings. The summed E-state index contributed by atoms with van der Waals surface area (Å²) in [4.78, 5) is 6.48. The number of benzene rings is 1. The van der Waals surface area contributed by atoms with Gasteiger partial charge in [0, 0.05) is 26.7 Å². The molecule has 0 spiro atoms. The first-order chi connectivity index (χ1) is 12.7. The zero-order chi connectivity index (χ0) is 19.0. The minimum atomic E-state index is 0.284. The summed E-state index contributed by atoms with van der Waals surface area (Å²) in [5.41, 5.74) is 1.28. The third kappa shape index (κ3) is 9.75. The van der Waals surface area contributed by atoms with Gasteiger partial charge >= 0.3 is 0 Å². The highest BCUT2D eigenvalue weighted by molar-refractivity contribution is 5.79. The maximum atomic E-state index is 5.56. The Hall–Kier alpha value is -1.63. The summed E-state index contributed by atoms with van der Waals surface area (Å²) < 4.78 is 11.0. The van der Waals surface area contributed by atoms with E-state index >= 15 is 0 Å². The minimum absolute atomic E-state index is 0.284. The molecule has 1 rings (SSSR count). The van der Waals surface area contributed by atoms with Gasteiger partial charge < -0.3 is 25.0 Å². The van der Waals surface area contributed by atoms with Gasteiger partial charge in [-0.25, -0.2) is 0 Å². The summed E-state index contributed by atoms with van der Waals surface area (Å²) in [6, 6.07) is 10.8. The Labute approximate surface area is 159 Å². The molecule has 0 aliphatic rings. The van der Waals surface area contributed by atoms with Gasteiger partial charge in [-0.15, -0.1) is 0 Å². The van der Waals surface area contributed by atoms with Gasteiger partial charge in [-0.2, -0.15) is 0 Å². The first-order valence-corrected chi connectivity index (χ1v) is 9.50. The third-order valence-electron chi connectivity index (χ3n) is 4.05. The molecule has 0 saturated carbocycles. The first kappa shape index (κ1) is 22.4. The molecule has 6 heteroatoms. The number of guanidine groups is 1. The van der Waals surface area contributed by atoms with Gasteiger partial charge in [0.15, 0.2) is 5.96 Å². The third-order valence-corrected chi connectivity index (χ3v) is 4.05. The van der Waals surface area contributed by atoms with Gasteiger partial charge in [0.25, 0.3) is 0 Å². The van der Waals surface area contributed by atoms with Crippen molar-refractivity contribution in [2.45, 2.75) is 25.8 Å². The maximum absolute atomic E-state index is 5.56. The van der Waals surface area contributed by atoms with Crippen molar-refractivity contribution in [3.8, 4) is 0 Å². The Morgan fingerprint density at radius 1 is 1.04 bits per heavy atom. The summed E-state index contributed by atoms with van der Waals surface area (Å²) in [5, 5.41) is 6.67. The average molecular weight is 365 g/mol. The Bertz CT molecular complexity index is 480. The molecule has 1 aromatic carbocycles. The smallest absolute Gasteiger partial charge is 0.191 e. The highest BCUT2D eigenvalue weighted by Gasteiger charge is 2.14. The second kappa shape index (κ2) is 14.5. The molecular weight excluding hydrogens is 328 g/mol. The van der Waals surface area contributed by atoms with E-state index in [0.717, 1.165) is 32.0 Å². The van der Waals surface area contributed by atoms with Gasteiger partial charge in [0.05, 0.1) is 25.9 Å². The summed E-state index contributed by atoms with van der Waals surface area (Å²) in [6.45, 7) is 6.40. The number of nitrogens with one attached hydrogen (secondary N) is 2. The summed E-state index contributed by atoms with van der Waals surface area (Å²) in [5.74, 6) is 0.788. The number of nitrogens with zero attached hydrogens (tertiary/aromatic N) is 2. The average Bonchev–Trinajstić information content (AvgIpc) is 2.65. The van der Waals surface area contributed by atoms with Crippen LogP contribution in [0.15, 0.2) is 35.3 Å². The topological polar surface area (TPSA) is 58.1 Å². The number of ether oxygens (including phenoxy) is 2. The molecular formula is C20H36N4O2. The number of unbranched alkanes of at least 4 members (excludes halogenated alkanes) is 1. The standard InChI is InChI=1S/C20H36N4O2/c1-5-6-13-25-15-16-26-14-12-22-20(21-2)23-17-19(24(3)4)18-10-8-7-9-11-18/h7-11,19H,5-6,12-17H2,1-4H3,(H2,21,22,23). The molecule has 0 aliphatic heterocycles. The van der Waals surface area contributed by atoms with E-state index in [-0.39, 0.29) is 6.04 Å². The van der Waals surface area contributed by atoms with Crippen molar-refractivity contribution in [3.05, 3.63) is 35.9 Å². The number of likely N-dealkylation sites (N-methyl/N-ethyl adjacent to an activating group) is 1. The molecule has 26 heavy (non-hydrogen) atoms. The highest BCUT2D eigenvalue weighted by Crippen LogP contribution is 2.16. The second-order valence-electron chi connectivity index (χ2n) is 6.35. The first-order valence-electron chi connectivity index (χ1n) is 9.50. The molecule has 0 bridgehead atoms. The Kier molecular flexibility index (Phi) is 12.5. The van der Waals surface area contributed by atoms with E-state index in [2.05, 4.69) is 65.8 Å². The van der Waals surface area contributed by atoms with E-state index in [4.69, 9.17) is 9.47 Å².